The highest BCUT2D eigenvalue weighted by Gasteiger charge is 2.22. The molecule has 2 aromatic carbocycles. The number of rotatable bonds is 6. The summed E-state index contributed by atoms with van der Waals surface area (Å²) < 4.78 is 6.28. The molecule has 6 heteroatoms. The summed E-state index contributed by atoms with van der Waals surface area (Å²) in [5, 5.41) is 12.9. The number of carbonyl (C=O) groups excluding carboxylic acids is 1. The van der Waals surface area contributed by atoms with Gasteiger partial charge in [0.1, 0.15) is 5.75 Å². The maximum absolute atomic E-state index is 13.4. The summed E-state index contributed by atoms with van der Waals surface area (Å²) in [5.41, 5.74) is 4.16. The highest BCUT2D eigenvalue weighted by Crippen LogP contribution is 2.31. The van der Waals surface area contributed by atoms with Crippen molar-refractivity contribution in [1.82, 2.24) is 0 Å². The molecule has 160 valence electrons. The molecule has 0 N–H and O–H groups in total. The van der Waals surface area contributed by atoms with Crippen molar-refractivity contribution in [1.29, 1.82) is 5.26 Å². The average molecular weight is 449 g/mol. The molecule has 1 heterocycles. The van der Waals surface area contributed by atoms with Gasteiger partial charge in [0, 0.05) is 16.6 Å². The molecule has 0 saturated heterocycles. The van der Waals surface area contributed by atoms with Crippen LogP contribution in [0.4, 0.5) is 5.69 Å². The van der Waals surface area contributed by atoms with Gasteiger partial charge in [0.05, 0.1) is 23.7 Å². The highest BCUT2D eigenvalue weighted by atomic mass is 32.1. The highest BCUT2D eigenvalue weighted by molar-refractivity contribution is 7.08. The van der Waals surface area contributed by atoms with E-state index in [4.69, 9.17) is 9.69 Å². The summed E-state index contributed by atoms with van der Waals surface area (Å²) in [6.45, 7) is 11.2. The number of nitriles is 1. The smallest absolute Gasteiger partial charge is 0.259 e. The summed E-state index contributed by atoms with van der Waals surface area (Å²) in [5.74, 6) is 0.782. The van der Waals surface area contributed by atoms with E-state index in [2.05, 4.69) is 58.1 Å². The Morgan fingerprint density at radius 3 is 2.39 bits per heavy atom. The number of hydrogen-bond acceptors (Lipinski definition) is 4. The van der Waals surface area contributed by atoms with Gasteiger partial charge in [-0.15, -0.1) is 0 Å². The predicted molar refractivity (Wildman–Crippen MR) is 131 cm³/mol. The normalized spacial score (nSPS) is 11.3. The lowest BCUT2D eigenvalue weighted by Gasteiger charge is -2.26. The molecule has 0 fully saturated rings. The zero-order chi connectivity index (χ0) is 22.6. The molecule has 0 radical (unpaired) electrons. The maximum atomic E-state index is 13.4. The number of benzene rings is 2. The number of amides is 1. The molecule has 1 amide bonds. The van der Waals surface area contributed by atoms with Crippen LogP contribution in [0.5, 0.6) is 5.75 Å². The Hall–Kier alpha value is -2.88. The Morgan fingerprint density at radius 1 is 1.13 bits per heavy atom. The zero-order valence-corrected chi connectivity index (χ0v) is 20.6. The first-order valence-electron chi connectivity index (χ1n) is 10.3. The minimum Gasteiger partial charge on any atom is -0.547 e. The average Bonchev–Trinajstić information content (AvgIpc) is 3.26. The molecule has 3 aromatic rings. The van der Waals surface area contributed by atoms with Crippen molar-refractivity contribution >= 4 is 32.0 Å². The molecule has 1 aromatic heterocycles. The second-order valence-electron chi connectivity index (χ2n) is 8.80. The van der Waals surface area contributed by atoms with Gasteiger partial charge in [0.2, 0.25) is 9.04 Å². The van der Waals surface area contributed by atoms with E-state index in [0.717, 1.165) is 17.0 Å². The first kappa shape index (κ1) is 22.8. The quantitative estimate of drug-likeness (QED) is 0.426. The second-order valence-corrected chi connectivity index (χ2v) is 11.9. The molecule has 0 aliphatic carbocycles. The Morgan fingerprint density at radius 2 is 1.84 bits per heavy atom. The van der Waals surface area contributed by atoms with Crippen molar-refractivity contribution in [2.45, 2.75) is 45.8 Å². The lowest BCUT2D eigenvalue weighted by atomic mass is 9.86. The lowest BCUT2D eigenvalue weighted by Crippen LogP contribution is -2.30. The van der Waals surface area contributed by atoms with Gasteiger partial charge in [-0.25, -0.2) is 0 Å². The van der Waals surface area contributed by atoms with E-state index >= 15 is 0 Å². The fourth-order valence-corrected chi connectivity index (χ4v) is 4.58. The fraction of sp³-hybridized carbons (Fsp3) is 0.280. The Balaban J connectivity index is 2.04. The number of hydrogen-bond donors (Lipinski definition) is 0. The molecule has 4 nitrogen and oxygen atoms in total. The van der Waals surface area contributed by atoms with E-state index in [-0.39, 0.29) is 11.3 Å². The molecule has 0 unspecified atom stereocenters. The molecular weight excluding hydrogens is 420 g/mol. The molecule has 0 bridgehead atoms. The summed E-state index contributed by atoms with van der Waals surface area (Å²) in [4.78, 5) is 15.1. The van der Waals surface area contributed by atoms with E-state index in [1.165, 1.54) is 16.9 Å². The minimum atomic E-state index is -1.34. The number of anilines is 1. The molecule has 31 heavy (non-hydrogen) atoms. The minimum absolute atomic E-state index is 0.00842. The molecule has 3 rings (SSSR count). The van der Waals surface area contributed by atoms with Crippen molar-refractivity contribution in [3.63, 3.8) is 0 Å². The van der Waals surface area contributed by atoms with Crippen LogP contribution in [0.1, 0.15) is 47.8 Å². The van der Waals surface area contributed by atoms with Crippen molar-refractivity contribution in [3.8, 4) is 11.8 Å². The third kappa shape index (κ3) is 5.63. The fourth-order valence-electron chi connectivity index (χ4n) is 3.22. The van der Waals surface area contributed by atoms with Crippen LogP contribution in [0.2, 0.25) is 13.1 Å². The van der Waals surface area contributed by atoms with Crippen molar-refractivity contribution < 1.29 is 9.22 Å². The van der Waals surface area contributed by atoms with E-state index in [9.17, 15) is 4.79 Å². The molecular formula is C25H28N2O2SSi. The van der Waals surface area contributed by atoms with Crippen LogP contribution in [-0.4, -0.2) is 14.9 Å². The van der Waals surface area contributed by atoms with Gasteiger partial charge in [-0.1, -0.05) is 32.9 Å². The van der Waals surface area contributed by atoms with Crippen LogP contribution < -0.4 is 9.33 Å². The Kier molecular flexibility index (Phi) is 6.99. The van der Waals surface area contributed by atoms with Crippen LogP contribution in [0, 0.1) is 11.3 Å². The second kappa shape index (κ2) is 9.50. The van der Waals surface area contributed by atoms with Gasteiger partial charge in [-0.2, -0.15) is 16.6 Å². The van der Waals surface area contributed by atoms with Crippen molar-refractivity contribution in [2.24, 2.45) is 0 Å². The van der Waals surface area contributed by atoms with Crippen LogP contribution in [0.15, 0.2) is 59.3 Å². The van der Waals surface area contributed by atoms with Gasteiger partial charge < -0.3 is 9.33 Å². The van der Waals surface area contributed by atoms with Crippen LogP contribution in [0.3, 0.4) is 0 Å². The molecule has 0 aliphatic heterocycles. The van der Waals surface area contributed by atoms with Gasteiger partial charge >= 0.3 is 0 Å². The SMILES string of the molecule is C[SiH](C)Oc1cc(C(C)(C)C)ccc1CN(C(=O)c1ccsc1)c1ccc(C#N)cc1. The molecule has 0 saturated carbocycles. The topological polar surface area (TPSA) is 53.3 Å². The largest absolute Gasteiger partial charge is 0.547 e. The standard InChI is InChI=1S/C25H28N2O2SSi/c1-25(2,3)21-9-8-19(23(14-21)29-31(4)5)16-27(24(28)20-12-13-30-17-20)22-10-6-18(15-26)7-11-22/h6-14,17,31H,16H2,1-5H3. The predicted octanol–water partition coefficient (Wildman–Crippen LogP) is 6.13. The van der Waals surface area contributed by atoms with E-state index in [1.807, 2.05) is 29.0 Å². The molecule has 0 aliphatic rings. The van der Waals surface area contributed by atoms with Gasteiger partial charge in [-0.05, 0) is 65.9 Å². The van der Waals surface area contributed by atoms with Crippen LogP contribution in [-0.2, 0) is 12.0 Å². The summed E-state index contributed by atoms with van der Waals surface area (Å²) in [7, 11) is -1.34. The van der Waals surface area contributed by atoms with Crippen molar-refractivity contribution in [3.05, 3.63) is 81.5 Å². The summed E-state index contributed by atoms with van der Waals surface area (Å²) >= 11 is 1.50. The monoisotopic (exact) mass is 448 g/mol. The first-order chi connectivity index (χ1) is 14.7. The number of carbonyl (C=O) groups is 1. The number of nitrogens with zero attached hydrogens (tertiary/aromatic N) is 2. The van der Waals surface area contributed by atoms with Gasteiger partial charge in [0.25, 0.3) is 5.91 Å². The van der Waals surface area contributed by atoms with Gasteiger partial charge in [0.15, 0.2) is 0 Å². The van der Waals surface area contributed by atoms with E-state index in [0.29, 0.717) is 17.7 Å². The third-order valence-electron chi connectivity index (χ3n) is 4.95. The van der Waals surface area contributed by atoms with E-state index in [1.54, 1.807) is 17.0 Å². The third-order valence-corrected chi connectivity index (χ3v) is 6.35. The van der Waals surface area contributed by atoms with E-state index < -0.39 is 9.04 Å². The maximum Gasteiger partial charge on any atom is 0.259 e. The Labute approximate surface area is 190 Å². The van der Waals surface area contributed by atoms with Crippen LogP contribution in [0.25, 0.3) is 0 Å². The van der Waals surface area contributed by atoms with Gasteiger partial charge in [-0.3, -0.25) is 4.79 Å². The summed E-state index contributed by atoms with van der Waals surface area (Å²) in [6.07, 6.45) is 0. The molecule has 0 spiro atoms. The molecule has 0 atom stereocenters. The van der Waals surface area contributed by atoms with Crippen LogP contribution >= 0.6 is 11.3 Å². The lowest BCUT2D eigenvalue weighted by molar-refractivity contribution is 0.0985. The Bertz CT molecular complexity index is 1080. The number of thiophene rings is 1. The zero-order valence-electron chi connectivity index (χ0n) is 18.7. The first-order valence-corrected chi connectivity index (χ1v) is 14.1. The summed E-state index contributed by atoms with van der Waals surface area (Å²) in [6, 6.07) is 17.4. The van der Waals surface area contributed by atoms with Crippen molar-refractivity contribution in [2.75, 3.05) is 4.90 Å².